The zero-order valence-corrected chi connectivity index (χ0v) is 16.9. The Kier molecular flexibility index (Phi) is 9.72. The fraction of sp³-hybridized carbons (Fsp3) is 0.556. The van der Waals surface area contributed by atoms with Crippen LogP contribution < -0.4 is 10.6 Å². The number of nitriles is 1. The van der Waals surface area contributed by atoms with Crippen molar-refractivity contribution in [2.45, 2.75) is 38.8 Å². The molecule has 0 atom stereocenters. The fourth-order valence-corrected chi connectivity index (χ4v) is 2.94. The Balaban J connectivity index is 0.00000288. The Bertz CT molecular complexity index is 559. The lowest BCUT2D eigenvalue weighted by atomic mass is 10.1. The first-order chi connectivity index (χ1) is 11.2. The third-order valence-electron chi connectivity index (χ3n) is 4.21. The maximum absolute atomic E-state index is 8.95. The maximum Gasteiger partial charge on any atom is 0.191 e. The van der Waals surface area contributed by atoms with E-state index in [4.69, 9.17) is 5.26 Å². The third kappa shape index (κ3) is 6.65. The molecule has 1 fully saturated rings. The number of halogens is 1. The van der Waals surface area contributed by atoms with Crippen LogP contribution in [0, 0.1) is 11.3 Å². The first-order valence-corrected chi connectivity index (χ1v) is 8.43. The van der Waals surface area contributed by atoms with Crippen LogP contribution in [0.1, 0.15) is 37.3 Å². The lowest BCUT2D eigenvalue weighted by Crippen LogP contribution is -2.48. The molecule has 0 amide bonds. The van der Waals surface area contributed by atoms with Crippen molar-refractivity contribution in [2.24, 2.45) is 4.99 Å². The van der Waals surface area contributed by atoms with Crippen molar-refractivity contribution in [1.82, 2.24) is 15.5 Å². The van der Waals surface area contributed by atoms with Crippen molar-refractivity contribution in [2.75, 3.05) is 26.7 Å². The molecule has 6 heteroatoms. The van der Waals surface area contributed by atoms with E-state index in [1.54, 1.807) is 7.05 Å². The highest BCUT2D eigenvalue weighted by Gasteiger charge is 2.19. The van der Waals surface area contributed by atoms with Crippen LogP contribution in [0.25, 0.3) is 0 Å². The lowest BCUT2D eigenvalue weighted by Gasteiger charge is -2.32. The minimum atomic E-state index is 0. The van der Waals surface area contributed by atoms with E-state index >= 15 is 0 Å². The van der Waals surface area contributed by atoms with Crippen molar-refractivity contribution >= 4 is 29.9 Å². The van der Waals surface area contributed by atoms with Gasteiger partial charge in [-0.05, 0) is 43.5 Å². The predicted molar refractivity (Wildman–Crippen MR) is 110 cm³/mol. The van der Waals surface area contributed by atoms with Crippen molar-refractivity contribution in [3.8, 4) is 6.07 Å². The van der Waals surface area contributed by atoms with Gasteiger partial charge in [-0.1, -0.05) is 19.1 Å². The van der Waals surface area contributed by atoms with E-state index in [0.29, 0.717) is 18.2 Å². The number of aliphatic imine (C=N–C) groups is 1. The second kappa shape index (κ2) is 11.3. The summed E-state index contributed by atoms with van der Waals surface area (Å²) in [6, 6.07) is 10.3. The summed E-state index contributed by atoms with van der Waals surface area (Å²) in [5, 5.41) is 15.8. The number of benzene rings is 1. The van der Waals surface area contributed by atoms with E-state index in [-0.39, 0.29) is 24.0 Å². The van der Waals surface area contributed by atoms with E-state index in [1.165, 1.54) is 13.0 Å². The number of rotatable bonds is 5. The molecule has 1 heterocycles. The van der Waals surface area contributed by atoms with Crippen molar-refractivity contribution in [3.05, 3.63) is 35.4 Å². The molecule has 1 aromatic carbocycles. The smallest absolute Gasteiger partial charge is 0.191 e. The molecule has 132 valence electrons. The number of piperidine rings is 1. The van der Waals surface area contributed by atoms with Crippen LogP contribution in [0.15, 0.2) is 29.3 Å². The molecule has 1 saturated heterocycles. The summed E-state index contributed by atoms with van der Waals surface area (Å²) in [4.78, 5) is 6.84. The molecular weight excluding hydrogens is 413 g/mol. The molecule has 1 aliphatic rings. The van der Waals surface area contributed by atoms with Gasteiger partial charge in [0.15, 0.2) is 5.96 Å². The van der Waals surface area contributed by atoms with Gasteiger partial charge in [0.25, 0.3) is 0 Å². The van der Waals surface area contributed by atoms with E-state index in [1.807, 2.05) is 24.3 Å². The molecule has 0 unspecified atom stereocenters. The molecule has 0 bridgehead atoms. The highest BCUT2D eigenvalue weighted by Crippen LogP contribution is 2.10. The largest absolute Gasteiger partial charge is 0.354 e. The van der Waals surface area contributed by atoms with Crippen LogP contribution in [0.5, 0.6) is 0 Å². The molecule has 0 saturated carbocycles. The van der Waals surface area contributed by atoms with Gasteiger partial charge in [0.05, 0.1) is 11.6 Å². The van der Waals surface area contributed by atoms with Gasteiger partial charge >= 0.3 is 0 Å². The Morgan fingerprint density at radius 3 is 2.75 bits per heavy atom. The first-order valence-electron chi connectivity index (χ1n) is 8.43. The number of nitrogens with one attached hydrogen (secondary N) is 2. The second-order valence-corrected chi connectivity index (χ2v) is 6.00. The lowest BCUT2D eigenvalue weighted by molar-refractivity contribution is 0.206. The van der Waals surface area contributed by atoms with E-state index < -0.39 is 0 Å². The number of guanidine groups is 1. The average Bonchev–Trinajstić information content (AvgIpc) is 2.60. The number of likely N-dealkylation sites (tertiary alicyclic amines) is 1. The Morgan fingerprint density at radius 2 is 2.12 bits per heavy atom. The van der Waals surface area contributed by atoms with Gasteiger partial charge in [0.2, 0.25) is 0 Å². The van der Waals surface area contributed by atoms with Crippen LogP contribution in [0.2, 0.25) is 0 Å². The standard InChI is InChI=1S/C18H27N5.HI/c1-3-9-23-10-7-17(8-11-23)22-18(20-2)21-14-16-6-4-5-15(12-16)13-19;/h4-6,12,17H,3,7-11,14H2,1-2H3,(H2,20,21,22);1H. The molecule has 0 aromatic heterocycles. The minimum Gasteiger partial charge on any atom is -0.354 e. The van der Waals surface area contributed by atoms with Crippen molar-refractivity contribution in [1.29, 1.82) is 5.26 Å². The summed E-state index contributed by atoms with van der Waals surface area (Å²) in [7, 11) is 1.80. The Morgan fingerprint density at radius 1 is 1.38 bits per heavy atom. The van der Waals surface area contributed by atoms with Gasteiger partial charge < -0.3 is 15.5 Å². The number of hydrogen-bond donors (Lipinski definition) is 2. The molecule has 2 rings (SSSR count). The summed E-state index contributed by atoms with van der Waals surface area (Å²) in [5.74, 6) is 0.835. The Hall–Kier alpha value is -1.33. The molecule has 0 radical (unpaired) electrons. The zero-order chi connectivity index (χ0) is 16.5. The minimum absolute atomic E-state index is 0. The normalized spacial score (nSPS) is 16.1. The summed E-state index contributed by atoms with van der Waals surface area (Å²) in [6.07, 6.45) is 3.54. The highest BCUT2D eigenvalue weighted by atomic mass is 127. The third-order valence-corrected chi connectivity index (χ3v) is 4.21. The topological polar surface area (TPSA) is 63.4 Å². The summed E-state index contributed by atoms with van der Waals surface area (Å²) in [5.41, 5.74) is 1.78. The number of nitrogens with zero attached hydrogens (tertiary/aromatic N) is 3. The summed E-state index contributed by atoms with van der Waals surface area (Å²) >= 11 is 0. The average molecular weight is 441 g/mol. The first kappa shape index (κ1) is 20.7. The van der Waals surface area contributed by atoms with Gasteiger partial charge in [-0.15, -0.1) is 24.0 Å². The highest BCUT2D eigenvalue weighted by molar-refractivity contribution is 14.0. The maximum atomic E-state index is 8.95. The van der Waals surface area contributed by atoms with Crippen molar-refractivity contribution in [3.63, 3.8) is 0 Å². The SMILES string of the molecule is CCCN1CCC(NC(=NC)NCc2cccc(C#N)c2)CC1.I. The molecule has 24 heavy (non-hydrogen) atoms. The quantitative estimate of drug-likeness (QED) is 0.419. The fourth-order valence-electron chi connectivity index (χ4n) is 2.94. The summed E-state index contributed by atoms with van der Waals surface area (Å²) in [6.45, 7) is 6.43. The molecule has 2 N–H and O–H groups in total. The molecule has 0 aliphatic carbocycles. The van der Waals surface area contributed by atoms with Gasteiger partial charge in [-0.25, -0.2) is 0 Å². The van der Waals surface area contributed by atoms with Gasteiger partial charge in [-0.2, -0.15) is 5.26 Å². The van der Waals surface area contributed by atoms with Crippen LogP contribution in [-0.2, 0) is 6.54 Å². The van der Waals surface area contributed by atoms with Gasteiger partial charge in [0, 0.05) is 32.7 Å². The molecule has 5 nitrogen and oxygen atoms in total. The zero-order valence-electron chi connectivity index (χ0n) is 14.6. The van der Waals surface area contributed by atoms with Crippen LogP contribution in [0.3, 0.4) is 0 Å². The summed E-state index contributed by atoms with van der Waals surface area (Å²) < 4.78 is 0. The van der Waals surface area contributed by atoms with Crippen LogP contribution in [-0.4, -0.2) is 43.6 Å². The van der Waals surface area contributed by atoms with Crippen LogP contribution in [0.4, 0.5) is 0 Å². The van der Waals surface area contributed by atoms with Gasteiger partial charge in [-0.3, -0.25) is 4.99 Å². The monoisotopic (exact) mass is 441 g/mol. The molecular formula is C18H28IN5. The molecule has 1 aromatic rings. The Labute approximate surface area is 162 Å². The number of hydrogen-bond acceptors (Lipinski definition) is 3. The van der Waals surface area contributed by atoms with Gasteiger partial charge in [0.1, 0.15) is 0 Å². The van der Waals surface area contributed by atoms with Crippen molar-refractivity contribution < 1.29 is 0 Å². The van der Waals surface area contributed by atoms with E-state index in [9.17, 15) is 0 Å². The van der Waals surface area contributed by atoms with E-state index in [2.05, 4.69) is 33.5 Å². The van der Waals surface area contributed by atoms with Crippen LogP contribution >= 0.6 is 24.0 Å². The molecule has 0 spiro atoms. The predicted octanol–water partition coefficient (Wildman–Crippen LogP) is 2.72. The molecule has 1 aliphatic heterocycles. The van der Waals surface area contributed by atoms with E-state index in [0.717, 1.165) is 37.5 Å². The second-order valence-electron chi connectivity index (χ2n) is 6.00.